The summed E-state index contributed by atoms with van der Waals surface area (Å²) in [5.41, 5.74) is 1.34. The summed E-state index contributed by atoms with van der Waals surface area (Å²) in [5, 5.41) is 6.82. The van der Waals surface area contributed by atoms with Gasteiger partial charge in [-0.2, -0.15) is 8.78 Å². The summed E-state index contributed by atoms with van der Waals surface area (Å²) in [7, 11) is 0. The van der Waals surface area contributed by atoms with Crippen LogP contribution in [0.3, 0.4) is 0 Å². The van der Waals surface area contributed by atoms with E-state index in [1.165, 1.54) is 0 Å². The van der Waals surface area contributed by atoms with Gasteiger partial charge in [-0.25, -0.2) is 9.97 Å². The fourth-order valence-corrected chi connectivity index (χ4v) is 6.10. The van der Waals surface area contributed by atoms with E-state index in [1.807, 2.05) is 9.80 Å². The topological polar surface area (TPSA) is 73.4 Å². The molecule has 3 saturated heterocycles. The zero-order chi connectivity index (χ0) is 21.3. The van der Waals surface area contributed by atoms with E-state index in [9.17, 15) is 13.6 Å². The van der Waals surface area contributed by atoms with E-state index in [0.29, 0.717) is 42.1 Å². The highest BCUT2D eigenvalue weighted by atomic mass is 19.3. The molecule has 0 aromatic carbocycles. The first-order valence-electron chi connectivity index (χ1n) is 11.7. The lowest BCUT2D eigenvalue weighted by Crippen LogP contribution is -2.47. The molecule has 0 spiro atoms. The number of carbonyl (C=O) groups excluding carboxylic acids is 1. The summed E-state index contributed by atoms with van der Waals surface area (Å²) in [6.45, 7) is 6.98. The first-order valence-corrected chi connectivity index (χ1v) is 11.7. The molecule has 168 valence electrons. The molecule has 6 rings (SSSR count). The predicted octanol–water partition coefficient (Wildman–Crippen LogP) is 1.44. The normalized spacial score (nSPS) is 35.5. The molecule has 5 aliphatic rings. The molecular weight excluding hydrogens is 402 g/mol. The number of hydrogen-bond acceptors (Lipinski definition) is 6. The molecule has 5 atom stereocenters. The summed E-state index contributed by atoms with van der Waals surface area (Å²) >= 11 is 0. The van der Waals surface area contributed by atoms with Crippen molar-refractivity contribution in [2.45, 2.75) is 50.6 Å². The lowest BCUT2D eigenvalue weighted by Gasteiger charge is -2.39. The molecule has 31 heavy (non-hydrogen) atoms. The third-order valence-electron chi connectivity index (χ3n) is 8.17. The maximum absolute atomic E-state index is 14.6. The van der Waals surface area contributed by atoms with Crippen molar-refractivity contribution < 1.29 is 13.6 Å². The van der Waals surface area contributed by atoms with Crippen LogP contribution < -0.4 is 15.5 Å². The number of amides is 1. The van der Waals surface area contributed by atoms with Gasteiger partial charge in [0.2, 0.25) is 11.9 Å². The van der Waals surface area contributed by atoms with Crippen LogP contribution in [0.1, 0.15) is 49.2 Å². The van der Waals surface area contributed by atoms with Crippen LogP contribution in [0, 0.1) is 17.8 Å². The van der Waals surface area contributed by atoms with Crippen LogP contribution in [0.2, 0.25) is 0 Å². The van der Waals surface area contributed by atoms with Gasteiger partial charge in [-0.05, 0) is 44.1 Å². The minimum Gasteiger partial charge on any atom is -0.340 e. The number of rotatable bonds is 4. The Morgan fingerprint density at radius 3 is 2.74 bits per heavy atom. The zero-order valence-electron chi connectivity index (χ0n) is 17.9. The lowest BCUT2D eigenvalue weighted by molar-refractivity contribution is -0.132. The maximum atomic E-state index is 14.6. The number of hydrogen-bond donors (Lipinski definition) is 2. The van der Waals surface area contributed by atoms with Gasteiger partial charge < -0.3 is 20.4 Å². The molecule has 1 aromatic rings. The predicted molar refractivity (Wildman–Crippen MR) is 111 cm³/mol. The highest BCUT2D eigenvalue weighted by Crippen LogP contribution is 2.60. The SMILES string of the molecule is C[C@H]1CCN1c1nc(C2NC[C@H]3[C@@H](CC(=O)N4CCNCC4)[C@@H]23)c2c(n1)C(F)(F)CC2. The molecule has 2 aliphatic carbocycles. The second-order valence-electron chi connectivity index (χ2n) is 9.90. The van der Waals surface area contributed by atoms with Crippen LogP contribution in [0.4, 0.5) is 14.7 Å². The number of piperidine rings is 1. The molecule has 9 heteroatoms. The summed E-state index contributed by atoms with van der Waals surface area (Å²) in [4.78, 5) is 26.0. The van der Waals surface area contributed by atoms with Crippen molar-refractivity contribution in [1.82, 2.24) is 25.5 Å². The molecule has 1 amide bonds. The van der Waals surface area contributed by atoms with Crippen molar-refractivity contribution in [3.63, 3.8) is 0 Å². The summed E-state index contributed by atoms with van der Waals surface area (Å²) in [5.74, 6) is -1.12. The Balaban J connectivity index is 1.26. The number of alkyl halides is 2. The molecule has 2 N–H and O–H groups in total. The Morgan fingerprint density at radius 1 is 1.23 bits per heavy atom. The fraction of sp³-hybridized carbons (Fsp3) is 0.773. The van der Waals surface area contributed by atoms with Crippen molar-refractivity contribution in [3.8, 4) is 0 Å². The maximum Gasteiger partial charge on any atom is 0.290 e. The van der Waals surface area contributed by atoms with E-state index in [4.69, 9.17) is 4.98 Å². The van der Waals surface area contributed by atoms with E-state index in [-0.39, 0.29) is 30.1 Å². The second kappa shape index (κ2) is 7.07. The number of fused-ring (bicyclic) bond motifs is 2. The highest BCUT2D eigenvalue weighted by Gasteiger charge is 2.60. The number of nitrogens with zero attached hydrogens (tertiary/aromatic N) is 4. The van der Waals surface area contributed by atoms with Crippen LogP contribution in [0.5, 0.6) is 0 Å². The van der Waals surface area contributed by atoms with Crippen LogP contribution in [0.15, 0.2) is 0 Å². The molecular formula is C22H30F2N6O. The van der Waals surface area contributed by atoms with E-state index in [2.05, 4.69) is 22.5 Å². The Labute approximate surface area is 181 Å². The van der Waals surface area contributed by atoms with Gasteiger partial charge in [-0.15, -0.1) is 0 Å². The molecule has 3 aliphatic heterocycles. The number of aromatic nitrogens is 2. The molecule has 1 unspecified atom stereocenters. The summed E-state index contributed by atoms with van der Waals surface area (Å²) < 4.78 is 29.3. The fourth-order valence-electron chi connectivity index (χ4n) is 6.10. The average Bonchev–Trinajstić information content (AvgIpc) is 3.08. The van der Waals surface area contributed by atoms with Gasteiger partial charge >= 0.3 is 0 Å². The van der Waals surface area contributed by atoms with E-state index in [1.54, 1.807) is 0 Å². The molecule has 0 radical (unpaired) electrons. The van der Waals surface area contributed by atoms with Gasteiger partial charge in [0.15, 0.2) is 0 Å². The largest absolute Gasteiger partial charge is 0.340 e. The first-order chi connectivity index (χ1) is 14.9. The van der Waals surface area contributed by atoms with Crippen LogP contribution in [-0.4, -0.2) is 66.1 Å². The Morgan fingerprint density at radius 2 is 2.03 bits per heavy atom. The number of halogens is 2. The Bertz CT molecular complexity index is 904. The lowest BCUT2D eigenvalue weighted by atomic mass is 10.00. The van der Waals surface area contributed by atoms with Crippen molar-refractivity contribution in [3.05, 3.63) is 17.0 Å². The van der Waals surface area contributed by atoms with Crippen molar-refractivity contribution in [2.24, 2.45) is 17.8 Å². The van der Waals surface area contributed by atoms with E-state index in [0.717, 1.165) is 51.4 Å². The van der Waals surface area contributed by atoms with Crippen LogP contribution >= 0.6 is 0 Å². The van der Waals surface area contributed by atoms with Crippen LogP contribution in [0.25, 0.3) is 0 Å². The third kappa shape index (κ3) is 3.15. The summed E-state index contributed by atoms with van der Waals surface area (Å²) in [6, 6.07) is 0.238. The smallest absolute Gasteiger partial charge is 0.290 e. The summed E-state index contributed by atoms with van der Waals surface area (Å²) in [6.07, 6.45) is 1.74. The number of nitrogens with one attached hydrogen (secondary N) is 2. The molecule has 1 aromatic heterocycles. The minimum absolute atomic E-state index is 0.0493. The zero-order valence-corrected chi connectivity index (χ0v) is 17.9. The monoisotopic (exact) mass is 432 g/mol. The minimum atomic E-state index is -2.88. The molecule has 0 bridgehead atoms. The quantitative estimate of drug-likeness (QED) is 0.750. The van der Waals surface area contributed by atoms with Gasteiger partial charge in [-0.1, -0.05) is 0 Å². The molecule has 4 fully saturated rings. The number of piperazine rings is 1. The third-order valence-corrected chi connectivity index (χ3v) is 8.17. The van der Waals surface area contributed by atoms with Crippen molar-refractivity contribution in [2.75, 3.05) is 44.2 Å². The van der Waals surface area contributed by atoms with Gasteiger partial charge in [0.1, 0.15) is 5.69 Å². The molecule has 1 saturated carbocycles. The number of anilines is 1. The second-order valence-corrected chi connectivity index (χ2v) is 9.90. The molecule has 4 heterocycles. The highest BCUT2D eigenvalue weighted by molar-refractivity contribution is 5.77. The van der Waals surface area contributed by atoms with E-state index >= 15 is 0 Å². The van der Waals surface area contributed by atoms with Gasteiger partial charge in [0, 0.05) is 57.2 Å². The van der Waals surface area contributed by atoms with Gasteiger partial charge in [0.25, 0.3) is 5.92 Å². The Kier molecular flexibility index (Phi) is 4.51. The molecule has 7 nitrogen and oxygen atoms in total. The standard InChI is InChI=1S/C22H30F2N6O/c1-12-3-7-30(12)21-27-18(13-2-4-22(23,24)20(13)28-21)19-17-14(15(17)11-26-19)10-16(31)29-8-5-25-6-9-29/h12,14-15,17,19,25-26H,2-11H2,1H3/t12-,14+,15-,17+,19?/m0/s1. The average molecular weight is 433 g/mol. The van der Waals surface area contributed by atoms with E-state index < -0.39 is 5.92 Å². The van der Waals surface area contributed by atoms with Crippen molar-refractivity contribution >= 4 is 11.9 Å². The number of carbonyl (C=O) groups is 1. The van der Waals surface area contributed by atoms with Crippen LogP contribution in [-0.2, 0) is 17.1 Å². The van der Waals surface area contributed by atoms with Gasteiger partial charge in [-0.3, -0.25) is 4.79 Å². The van der Waals surface area contributed by atoms with Crippen molar-refractivity contribution in [1.29, 1.82) is 0 Å². The first kappa shape index (κ1) is 19.8. The Hall–Kier alpha value is -1.87. The van der Waals surface area contributed by atoms with Gasteiger partial charge in [0.05, 0.1) is 11.7 Å².